The van der Waals surface area contributed by atoms with Crippen LogP contribution in [0.5, 0.6) is 0 Å². The summed E-state index contributed by atoms with van der Waals surface area (Å²) in [5.74, 6) is -0.199. The van der Waals surface area contributed by atoms with Crippen LogP contribution in [0.2, 0.25) is 0 Å². The Morgan fingerprint density at radius 3 is 1.22 bits per heavy atom. The van der Waals surface area contributed by atoms with E-state index in [0.29, 0.717) is 6.42 Å². The van der Waals surface area contributed by atoms with Crippen LogP contribution in [0.3, 0.4) is 0 Å². The SMILES string of the molecule is CC/C=C\C/C=C\C/C=C\C/C=C\C/C=C\CCCCCCCCCCCC(=O)NC(COC1OC(CO)C(O)C(O)C1O)C(O)/C=C/CC/C=C/CC/C=C/CCCCCCCCCCCCCCCCCCCCCCC. The average Bonchev–Trinajstić information content (AvgIpc) is 3.47. The first-order valence-corrected chi connectivity index (χ1v) is 33.0. The molecule has 1 fully saturated rings. The van der Waals surface area contributed by atoms with Gasteiger partial charge in [0.1, 0.15) is 24.4 Å². The van der Waals surface area contributed by atoms with Crippen LogP contribution >= 0.6 is 0 Å². The Labute approximate surface area is 485 Å². The number of hydrogen-bond acceptors (Lipinski definition) is 8. The van der Waals surface area contributed by atoms with E-state index in [0.717, 1.165) is 89.9 Å². The predicted octanol–water partition coefficient (Wildman–Crippen LogP) is 17.5. The lowest BCUT2D eigenvalue weighted by atomic mass is 9.99. The molecular formula is C70H123NO8. The number of amides is 1. The molecule has 0 bridgehead atoms. The minimum atomic E-state index is -1.58. The Bertz CT molecular complexity index is 1560. The van der Waals surface area contributed by atoms with E-state index in [4.69, 9.17) is 9.47 Å². The summed E-state index contributed by atoms with van der Waals surface area (Å²) in [6, 6.07) is -0.840. The second kappa shape index (κ2) is 58.3. The van der Waals surface area contributed by atoms with Gasteiger partial charge in [-0.1, -0.05) is 284 Å². The van der Waals surface area contributed by atoms with Gasteiger partial charge in [0, 0.05) is 6.42 Å². The zero-order valence-electron chi connectivity index (χ0n) is 50.9. The molecule has 456 valence electrons. The van der Waals surface area contributed by atoms with E-state index >= 15 is 0 Å². The third-order valence-corrected chi connectivity index (χ3v) is 15.1. The van der Waals surface area contributed by atoms with Gasteiger partial charge in [0.05, 0.1) is 25.4 Å². The van der Waals surface area contributed by atoms with E-state index < -0.39 is 49.5 Å². The van der Waals surface area contributed by atoms with Crippen LogP contribution in [0, 0.1) is 0 Å². The molecule has 0 aromatic rings. The van der Waals surface area contributed by atoms with Gasteiger partial charge in [-0.05, 0) is 89.9 Å². The maximum Gasteiger partial charge on any atom is 0.220 e. The number of unbranched alkanes of at least 4 members (excludes halogenated alkanes) is 32. The van der Waals surface area contributed by atoms with Gasteiger partial charge < -0.3 is 40.3 Å². The largest absolute Gasteiger partial charge is 0.394 e. The highest BCUT2D eigenvalue weighted by Crippen LogP contribution is 2.23. The summed E-state index contributed by atoms with van der Waals surface area (Å²) in [7, 11) is 0. The van der Waals surface area contributed by atoms with Crippen molar-refractivity contribution in [2.45, 2.75) is 326 Å². The molecule has 0 spiro atoms. The summed E-state index contributed by atoms with van der Waals surface area (Å²) in [5.41, 5.74) is 0. The first-order valence-electron chi connectivity index (χ1n) is 33.0. The molecule has 6 N–H and O–H groups in total. The van der Waals surface area contributed by atoms with Crippen molar-refractivity contribution in [3.05, 3.63) is 97.2 Å². The van der Waals surface area contributed by atoms with Gasteiger partial charge in [0.2, 0.25) is 5.91 Å². The minimum absolute atomic E-state index is 0.199. The quantitative estimate of drug-likeness (QED) is 0.0261. The van der Waals surface area contributed by atoms with Crippen molar-refractivity contribution in [2.24, 2.45) is 0 Å². The van der Waals surface area contributed by atoms with Crippen molar-refractivity contribution in [3.8, 4) is 0 Å². The summed E-state index contributed by atoms with van der Waals surface area (Å²) in [6.45, 7) is 3.66. The zero-order valence-corrected chi connectivity index (χ0v) is 50.9. The summed E-state index contributed by atoms with van der Waals surface area (Å²) in [5, 5.41) is 54.6. The van der Waals surface area contributed by atoms with E-state index in [1.165, 1.54) is 173 Å². The minimum Gasteiger partial charge on any atom is -0.394 e. The van der Waals surface area contributed by atoms with Crippen molar-refractivity contribution in [1.82, 2.24) is 5.32 Å². The molecular weight excluding hydrogens is 983 g/mol. The monoisotopic (exact) mass is 1110 g/mol. The number of aliphatic hydroxyl groups excluding tert-OH is 5. The Morgan fingerprint density at radius 2 is 0.797 bits per heavy atom. The molecule has 7 atom stereocenters. The molecule has 0 radical (unpaired) electrons. The number of nitrogens with one attached hydrogen (secondary N) is 1. The molecule has 7 unspecified atom stereocenters. The van der Waals surface area contributed by atoms with Crippen molar-refractivity contribution in [2.75, 3.05) is 13.2 Å². The lowest BCUT2D eigenvalue weighted by Gasteiger charge is -2.40. The van der Waals surface area contributed by atoms with Crippen LogP contribution in [-0.4, -0.2) is 87.5 Å². The summed E-state index contributed by atoms with van der Waals surface area (Å²) >= 11 is 0. The first-order chi connectivity index (χ1) is 38.8. The number of allylic oxidation sites excluding steroid dienone is 15. The highest BCUT2D eigenvalue weighted by Gasteiger charge is 2.44. The van der Waals surface area contributed by atoms with Crippen molar-refractivity contribution in [3.63, 3.8) is 0 Å². The number of aliphatic hydroxyl groups is 5. The zero-order chi connectivity index (χ0) is 57.2. The number of rotatable bonds is 56. The third kappa shape index (κ3) is 47.3. The molecule has 1 saturated heterocycles. The Kier molecular flexibility index (Phi) is 54.7. The fraction of sp³-hybridized carbons (Fsp3) is 0.757. The maximum absolute atomic E-state index is 13.1. The molecule has 1 heterocycles. The predicted molar refractivity (Wildman–Crippen MR) is 336 cm³/mol. The average molecular weight is 1110 g/mol. The summed E-state index contributed by atoms with van der Waals surface area (Å²) in [6.07, 6.45) is 77.9. The number of carbonyl (C=O) groups excluding carboxylic acids is 1. The van der Waals surface area contributed by atoms with Crippen molar-refractivity contribution >= 4 is 5.91 Å². The van der Waals surface area contributed by atoms with Crippen molar-refractivity contribution in [1.29, 1.82) is 0 Å². The fourth-order valence-corrected chi connectivity index (χ4v) is 9.98. The molecule has 1 rings (SSSR count). The third-order valence-electron chi connectivity index (χ3n) is 15.1. The topological polar surface area (TPSA) is 149 Å². The molecule has 1 aliphatic heterocycles. The molecule has 0 aliphatic carbocycles. The van der Waals surface area contributed by atoms with Gasteiger partial charge in [0.15, 0.2) is 6.29 Å². The van der Waals surface area contributed by atoms with Crippen molar-refractivity contribution < 1.29 is 39.8 Å². The van der Waals surface area contributed by atoms with Gasteiger partial charge in [-0.15, -0.1) is 0 Å². The highest BCUT2D eigenvalue weighted by molar-refractivity contribution is 5.76. The van der Waals surface area contributed by atoms with Crippen LogP contribution in [0.15, 0.2) is 97.2 Å². The van der Waals surface area contributed by atoms with Gasteiger partial charge in [-0.3, -0.25) is 4.79 Å². The molecule has 9 nitrogen and oxygen atoms in total. The van der Waals surface area contributed by atoms with E-state index in [9.17, 15) is 30.3 Å². The second-order valence-corrected chi connectivity index (χ2v) is 22.5. The van der Waals surface area contributed by atoms with E-state index in [2.05, 4.69) is 104 Å². The maximum atomic E-state index is 13.1. The highest BCUT2D eigenvalue weighted by atomic mass is 16.7. The smallest absolute Gasteiger partial charge is 0.220 e. The molecule has 1 aliphatic rings. The number of hydrogen-bond donors (Lipinski definition) is 6. The molecule has 0 saturated carbocycles. The fourth-order valence-electron chi connectivity index (χ4n) is 9.98. The Morgan fingerprint density at radius 1 is 0.443 bits per heavy atom. The van der Waals surface area contributed by atoms with Gasteiger partial charge in [-0.25, -0.2) is 0 Å². The molecule has 9 heteroatoms. The van der Waals surface area contributed by atoms with Crippen LogP contribution in [0.1, 0.15) is 284 Å². The number of carbonyl (C=O) groups is 1. The molecule has 79 heavy (non-hydrogen) atoms. The second-order valence-electron chi connectivity index (χ2n) is 22.5. The van der Waals surface area contributed by atoms with Crippen LogP contribution in [0.4, 0.5) is 0 Å². The normalized spacial score (nSPS) is 19.2. The molecule has 1 amide bonds. The number of ether oxygens (including phenoxy) is 2. The molecule has 0 aromatic heterocycles. The van der Waals surface area contributed by atoms with Gasteiger partial charge in [-0.2, -0.15) is 0 Å². The Balaban J connectivity index is 2.21. The van der Waals surface area contributed by atoms with Crippen LogP contribution < -0.4 is 5.32 Å². The van der Waals surface area contributed by atoms with E-state index in [1.807, 2.05) is 6.08 Å². The van der Waals surface area contributed by atoms with Gasteiger partial charge in [0.25, 0.3) is 0 Å². The van der Waals surface area contributed by atoms with Crippen LogP contribution in [0.25, 0.3) is 0 Å². The van der Waals surface area contributed by atoms with Gasteiger partial charge >= 0.3 is 0 Å². The first kappa shape index (κ1) is 74.1. The standard InChI is InChI=1S/C70H123NO8/c1-3-5-7-9-11-13-15-17-19-21-23-25-27-29-30-31-32-33-34-36-37-39-41-43-45-47-49-51-53-55-57-59-64(73)63(62-78-70-69(77)68(76)67(75)65(61-72)79-70)71-66(74)60-58-56-54-52-50-48-46-44-42-40-38-35-28-26-24-22-20-18-16-14-12-10-8-6-4-2/h6,8,12,14,18,20,24,26,35,38,41,43,49,51,57,59,63-65,67-70,72-73,75-77H,3-5,7,9-11,13,15-17,19,21-23,25,27-34,36-37,39-40,42,44-48,50,52-56,58,60-62H2,1-2H3,(H,71,74)/b8-6-,14-12-,20-18-,26-24-,38-35-,43-41+,51-49+,59-57+. The van der Waals surface area contributed by atoms with E-state index in [1.54, 1.807) is 6.08 Å². The lowest BCUT2D eigenvalue weighted by molar-refractivity contribution is -0.302. The summed E-state index contributed by atoms with van der Waals surface area (Å²) < 4.78 is 11.3. The molecule has 0 aromatic carbocycles. The van der Waals surface area contributed by atoms with E-state index in [-0.39, 0.29) is 12.5 Å². The lowest BCUT2D eigenvalue weighted by Crippen LogP contribution is -2.60. The van der Waals surface area contributed by atoms with Crippen LogP contribution in [-0.2, 0) is 14.3 Å². The summed E-state index contributed by atoms with van der Waals surface area (Å²) in [4.78, 5) is 13.1. The Hall–Kier alpha value is -2.89.